The topological polar surface area (TPSA) is 52.7 Å². The fourth-order valence-corrected chi connectivity index (χ4v) is 2.66. The van der Waals surface area contributed by atoms with Gasteiger partial charge in [-0.3, -0.25) is 4.90 Å². The molecule has 0 atom stereocenters. The first kappa shape index (κ1) is 15.2. The summed E-state index contributed by atoms with van der Waals surface area (Å²) in [6, 6.07) is 5.00. The van der Waals surface area contributed by atoms with E-state index >= 15 is 0 Å². The van der Waals surface area contributed by atoms with Crippen molar-refractivity contribution >= 4 is 22.9 Å². The summed E-state index contributed by atoms with van der Waals surface area (Å²) >= 11 is 4.81. The number of hydrogen-bond donors (Lipinski definition) is 2. The van der Waals surface area contributed by atoms with Crippen LogP contribution in [0.1, 0.15) is 12.0 Å². The average Bonchev–Trinajstić information content (AvgIpc) is 2.64. The van der Waals surface area contributed by atoms with E-state index in [-0.39, 0.29) is 17.4 Å². The van der Waals surface area contributed by atoms with E-state index < -0.39 is 0 Å². The molecule has 0 amide bonds. The minimum absolute atomic E-state index is 0.0824. The monoisotopic (exact) mass is 297 g/mol. The van der Waals surface area contributed by atoms with E-state index in [0.717, 1.165) is 38.3 Å². The van der Waals surface area contributed by atoms with Gasteiger partial charge in [-0.15, -0.1) is 0 Å². The van der Waals surface area contributed by atoms with Crippen LogP contribution in [0, 0.1) is 5.82 Å². The first-order valence-corrected chi connectivity index (χ1v) is 7.20. The smallest absolute Gasteiger partial charge is 0.135 e. The van der Waals surface area contributed by atoms with Crippen LogP contribution in [0.25, 0.3) is 0 Å². The van der Waals surface area contributed by atoms with Gasteiger partial charge in [0, 0.05) is 37.4 Å². The number of β-amino-alcohol motifs (C(OH)–C–C–N with tert-alkyl or cyclic N) is 1. The summed E-state index contributed by atoms with van der Waals surface area (Å²) in [7, 11) is 0. The first-order chi connectivity index (χ1) is 9.61. The third-order valence-corrected chi connectivity index (χ3v) is 3.81. The summed E-state index contributed by atoms with van der Waals surface area (Å²) in [6.45, 7) is 4.42. The predicted molar refractivity (Wildman–Crippen MR) is 82.6 cm³/mol. The molecule has 1 saturated heterocycles. The molecule has 0 aromatic heterocycles. The van der Waals surface area contributed by atoms with E-state index in [1.165, 1.54) is 6.07 Å². The Kier molecular flexibility index (Phi) is 5.28. The Labute approximate surface area is 124 Å². The van der Waals surface area contributed by atoms with Gasteiger partial charge in [-0.1, -0.05) is 12.2 Å². The quantitative estimate of drug-likeness (QED) is 0.811. The van der Waals surface area contributed by atoms with Crippen LogP contribution in [-0.2, 0) is 0 Å². The molecule has 4 nitrogen and oxygen atoms in total. The minimum atomic E-state index is -0.369. The number of aliphatic hydroxyl groups is 1. The molecule has 0 saturated carbocycles. The number of aliphatic hydroxyl groups excluding tert-OH is 1. The Bertz CT molecular complexity index is 483. The van der Waals surface area contributed by atoms with Gasteiger partial charge < -0.3 is 15.7 Å². The fraction of sp³-hybridized carbons (Fsp3) is 0.500. The van der Waals surface area contributed by atoms with Crippen LogP contribution < -0.4 is 10.6 Å². The van der Waals surface area contributed by atoms with Crippen molar-refractivity contribution in [3.63, 3.8) is 0 Å². The molecule has 1 heterocycles. The highest BCUT2D eigenvalue weighted by Crippen LogP contribution is 2.20. The average molecular weight is 297 g/mol. The Balaban J connectivity index is 2.08. The molecule has 1 aliphatic heterocycles. The number of anilines is 1. The number of hydrogen-bond acceptors (Lipinski definition) is 4. The molecular formula is C14H20FN3OS. The Hall–Kier alpha value is -1.24. The largest absolute Gasteiger partial charge is 0.395 e. The van der Waals surface area contributed by atoms with Crippen molar-refractivity contribution in [1.29, 1.82) is 0 Å². The van der Waals surface area contributed by atoms with E-state index in [4.69, 9.17) is 23.1 Å². The predicted octanol–water partition coefficient (Wildman–Crippen LogP) is 0.964. The highest BCUT2D eigenvalue weighted by Gasteiger charge is 2.16. The van der Waals surface area contributed by atoms with Crippen molar-refractivity contribution in [3.05, 3.63) is 29.6 Å². The molecule has 0 bridgehead atoms. The van der Waals surface area contributed by atoms with Crippen molar-refractivity contribution in [2.24, 2.45) is 5.73 Å². The van der Waals surface area contributed by atoms with Gasteiger partial charge in [0.05, 0.1) is 6.61 Å². The van der Waals surface area contributed by atoms with Crippen molar-refractivity contribution in [2.45, 2.75) is 6.42 Å². The maximum atomic E-state index is 13.9. The molecule has 0 spiro atoms. The maximum absolute atomic E-state index is 13.9. The van der Waals surface area contributed by atoms with Crippen molar-refractivity contribution < 1.29 is 9.50 Å². The minimum Gasteiger partial charge on any atom is -0.395 e. The standard InChI is InChI=1S/C14H20FN3OS/c15-13-10-11(2-3-12(13)14(16)20)18-5-1-4-17(6-7-18)8-9-19/h2-3,10,19H,1,4-9H2,(H2,16,20). The molecule has 0 aliphatic carbocycles. The molecule has 110 valence electrons. The second kappa shape index (κ2) is 6.97. The van der Waals surface area contributed by atoms with E-state index in [0.29, 0.717) is 12.1 Å². The van der Waals surface area contributed by atoms with E-state index in [1.54, 1.807) is 6.07 Å². The SMILES string of the molecule is NC(=S)c1ccc(N2CCCN(CCO)CC2)cc1F. The van der Waals surface area contributed by atoms with Crippen molar-refractivity contribution in [2.75, 3.05) is 44.2 Å². The van der Waals surface area contributed by atoms with Crippen molar-refractivity contribution in [3.8, 4) is 0 Å². The number of rotatable bonds is 4. The lowest BCUT2D eigenvalue weighted by molar-refractivity contribution is 0.204. The van der Waals surface area contributed by atoms with Gasteiger partial charge in [0.2, 0.25) is 0 Å². The first-order valence-electron chi connectivity index (χ1n) is 6.79. The second-order valence-electron chi connectivity index (χ2n) is 4.93. The zero-order valence-corrected chi connectivity index (χ0v) is 12.2. The summed E-state index contributed by atoms with van der Waals surface area (Å²) in [5.41, 5.74) is 6.61. The van der Waals surface area contributed by atoms with Crippen LogP contribution in [0.2, 0.25) is 0 Å². The third kappa shape index (κ3) is 3.65. The summed E-state index contributed by atoms with van der Waals surface area (Å²) < 4.78 is 13.9. The second-order valence-corrected chi connectivity index (χ2v) is 5.37. The Morgan fingerprint density at radius 3 is 2.75 bits per heavy atom. The van der Waals surface area contributed by atoms with Crippen LogP contribution in [0.15, 0.2) is 18.2 Å². The van der Waals surface area contributed by atoms with Crippen LogP contribution >= 0.6 is 12.2 Å². The van der Waals surface area contributed by atoms with Gasteiger partial charge in [-0.05, 0) is 31.2 Å². The number of thiocarbonyl (C=S) groups is 1. The summed E-state index contributed by atoms with van der Waals surface area (Å²) in [5.74, 6) is -0.369. The highest BCUT2D eigenvalue weighted by molar-refractivity contribution is 7.80. The molecule has 20 heavy (non-hydrogen) atoms. The van der Waals surface area contributed by atoms with Gasteiger partial charge in [0.1, 0.15) is 10.8 Å². The van der Waals surface area contributed by atoms with Gasteiger partial charge in [-0.25, -0.2) is 4.39 Å². The van der Waals surface area contributed by atoms with Gasteiger partial charge in [0.15, 0.2) is 0 Å². The summed E-state index contributed by atoms with van der Waals surface area (Å²) in [5, 5.41) is 8.98. The zero-order chi connectivity index (χ0) is 14.5. The lowest BCUT2D eigenvalue weighted by Crippen LogP contribution is -2.32. The van der Waals surface area contributed by atoms with Crippen LogP contribution in [-0.4, -0.2) is 54.3 Å². The lowest BCUT2D eigenvalue weighted by atomic mass is 10.1. The molecule has 3 N–H and O–H groups in total. The number of halogens is 1. The van der Waals surface area contributed by atoms with Gasteiger partial charge >= 0.3 is 0 Å². The molecule has 1 fully saturated rings. The normalized spacial score (nSPS) is 17.0. The van der Waals surface area contributed by atoms with Gasteiger partial charge in [0.25, 0.3) is 0 Å². The van der Waals surface area contributed by atoms with Gasteiger partial charge in [-0.2, -0.15) is 0 Å². The Morgan fingerprint density at radius 1 is 1.30 bits per heavy atom. The molecule has 1 aromatic rings. The zero-order valence-electron chi connectivity index (χ0n) is 11.4. The fourth-order valence-electron chi connectivity index (χ4n) is 2.49. The molecule has 0 unspecified atom stereocenters. The van der Waals surface area contributed by atoms with Crippen molar-refractivity contribution in [1.82, 2.24) is 4.90 Å². The number of benzene rings is 1. The van der Waals surface area contributed by atoms with Crippen LogP contribution in [0.4, 0.5) is 10.1 Å². The number of nitrogens with zero attached hydrogens (tertiary/aromatic N) is 2. The summed E-state index contributed by atoms with van der Waals surface area (Å²) in [4.78, 5) is 4.46. The van der Waals surface area contributed by atoms with E-state index in [1.807, 2.05) is 6.07 Å². The molecule has 0 radical (unpaired) electrons. The highest BCUT2D eigenvalue weighted by atomic mass is 32.1. The Morgan fingerprint density at radius 2 is 2.10 bits per heavy atom. The number of nitrogens with two attached hydrogens (primary N) is 1. The molecule has 2 rings (SSSR count). The van der Waals surface area contributed by atoms with E-state index in [9.17, 15) is 4.39 Å². The molecule has 1 aliphatic rings. The molecule has 6 heteroatoms. The maximum Gasteiger partial charge on any atom is 0.135 e. The molecular weight excluding hydrogens is 277 g/mol. The van der Waals surface area contributed by atoms with Crippen LogP contribution in [0.3, 0.4) is 0 Å². The lowest BCUT2D eigenvalue weighted by Gasteiger charge is -2.23. The van der Waals surface area contributed by atoms with E-state index in [2.05, 4.69) is 9.80 Å². The third-order valence-electron chi connectivity index (χ3n) is 3.59. The molecule has 1 aromatic carbocycles. The summed E-state index contributed by atoms with van der Waals surface area (Å²) in [6.07, 6.45) is 0.999. The van der Waals surface area contributed by atoms with Crippen LogP contribution in [0.5, 0.6) is 0 Å².